The Morgan fingerprint density at radius 2 is 0.975 bits per heavy atom. The first-order valence-corrected chi connectivity index (χ1v) is 15.0. The highest BCUT2D eigenvalue weighted by molar-refractivity contribution is 5.69. The Labute approximate surface area is 242 Å². The number of methoxy groups -OCH3 is 1. The maximum absolute atomic E-state index is 10.9. The summed E-state index contributed by atoms with van der Waals surface area (Å²) >= 11 is 0. The lowest BCUT2D eigenvalue weighted by Gasteiger charge is -2.09. The van der Waals surface area contributed by atoms with Gasteiger partial charge in [0.2, 0.25) is 0 Å². The zero-order chi connectivity index (χ0) is 28.8. The van der Waals surface area contributed by atoms with E-state index in [0.717, 1.165) is 12.2 Å². The molecule has 232 valence electrons. The summed E-state index contributed by atoms with van der Waals surface area (Å²) in [7, 11) is 1.36. The van der Waals surface area contributed by atoms with Gasteiger partial charge in [-0.1, -0.05) is 57.6 Å². The number of carbonyl (C=O) groups excluding carboxylic acids is 1. The average Bonchev–Trinajstić information content (AvgIpc) is 2.98. The van der Waals surface area contributed by atoms with Gasteiger partial charge < -0.3 is 37.9 Å². The molecule has 0 saturated carbocycles. The number of unbranched alkanes of at least 4 members (excludes halogenated alkanes) is 6. The Morgan fingerprint density at radius 1 is 0.550 bits per heavy atom. The van der Waals surface area contributed by atoms with Crippen LogP contribution in [0.3, 0.4) is 0 Å². The van der Waals surface area contributed by atoms with Crippen molar-refractivity contribution >= 4 is 5.97 Å². The third-order valence-electron chi connectivity index (χ3n) is 6.03. The minimum Gasteiger partial charge on any atom is -0.491 e. The molecule has 0 aromatic heterocycles. The van der Waals surface area contributed by atoms with Gasteiger partial charge in [0, 0.05) is 0 Å². The second-order valence-corrected chi connectivity index (χ2v) is 9.36. The first-order chi connectivity index (χ1) is 19.8. The van der Waals surface area contributed by atoms with Crippen LogP contribution < -0.4 is 4.74 Å². The molecule has 0 fully saturated rings. The van der Waals surface area contributed by atoms with Crippen LogP contribution in [0.15, 0.2) is 24.3 Å². The van der Waals surface area contributed by atoms with Crippen LogP contribution in [-0.4, -0.2) is 99.0 Å². The quantitative estimate of drug-likeness (QED) is 0.0934. The van der Waals surface area contributed by atoms with Crippen molar-refractivity contribution in [2.75, 3.05) is 93.0 Å². The Bertz CT molecular complexity index is 669. The van der Waals surface area contributed by atoms with Gasteiger partial charge in [0.05, 0.1) is 92.8 Å². The van der Waals surface area contributed by atoms with E-state index in [9.17, 15) is 4.79 Å². The molecule has 0 aliphatic rings. The van der Waals surface area contributed by atoms with Crippen LogP contribution in [0.2, 0.25) is 0 Å². The molecule has 1 aromatic rings. The van der Waals surface area contributed by atoms with Gasteiger partial charge in [-0.2, -0.15) is 0 Å². The van der Waals surface area contributed by atoms with E-state index < -0.39 is 0 Å². The molecule has 9 heteroatoms. The third-order valence-corrected chi connectivity index (χ3v) is 6.03. The van der Waals surface area contributed by atoms with Crippen LogP contribution in [-0.2, 0) is 44.4 Å². The lowest BCUT2D eigenvalue weighted by Crippen LogP contribution is -2.15. The molecular formula is C31H54O9. The standard InChI is InChI=1S/C31H54O9/c1-3-4-5-6-7-8-9-10-29-11-13-30(14-12-29)40-28-27-39-26-25-38-24-23-37-22-21-36-20-19-35-18-17-34-16-15-31(32)33-2/h11-14H,3-10,15-28H2,1-2H3. The molecule has 0 atom stereocenters. The molecule has 0 unspecified atom stereocenters. The summed E-state index contributed by atoms with van der Waals surface area (Å²) in [4.78, 5) is 10.9. The zero-order valence-electron chi connectivity index (χ0n) is 25.0. The molecule has 0 heterocycles. The molecule has 0 spiro atoms. The lowest BCUT2D eigenvalue weighted by molar-refractivity contribution is -0.141. The summed E-state index contributed by atoms with van der Waals surface area (Å²) in [6.45, 7) is 8.63. The number of hydrogen-bond donors (Lipinski definition) is 0. The third kappa shape index (κ3) is 24.1. The Hall–Kier alpha value is -1.75. The van der Waals surface area contributed by atoms with E-state index in [2.05, 4.69) is 23.8 Å². The Morgan fingerprint density at radius 3 is 1.45 bits per heavy atom. The van der Waals surface area contributed by atoms with Gasteiger partial charge >= 0.3 is 5.97 Å². The van der Waals surface area contributed by atoms with Crippen LogP contribution in [0.4, 0.5) is 0 Å². The highest BCUT2D eigenvalue weighted by Gasteiger charge is 2.00. The van der Waals surface area contributed by atoms with E-state index in [4.69, 9.17) is 33.2 Å². The van der Waals surface area contributed by atoms with Crippen molar-refractivity contribution in [3.8, 4) is 5.75 Å². The first-order valence-electron chi connectivity index (χ1n) is 15.0. The van der Waals surface area contributed by atoms with Gasteiger partial charge in [0.15, 0.2) is 0 Å². The van der Waals surface area contributed by atoms with Crippen molar-refractivity contribution in [2.45, 2.75) is 64.7 Å². The van der Waals surface area contributed by atoms with Crippen molar-refractivity contribution in [3.05, 3.63) is 29.8 Å². The second-order valence-electron chi connectivity index (χ2n) is 9.36. The lowest BCUT2D eigenvalue weighted by atomic mass is 10.0. The SMILES string of the molecule is CCCCCCCCCc1ccc(OCCOCCOCCOCCOCCOCCOCCC(=O)OC)cc1. The van der Waals surface area contributed by atoms with E-state index in [-0.39, 0.29) is 12.4 Å². The van der Waals surface area contributed by atoms with Crippen molar-refractivity contribution in [3.63, 3.8) is 0 Å². The minimum atomic E-state index is -0.278. The largest absolute Gasteiger partial charge is 0.491 e. The van der Waals surface area contributed by atoms with Gasteiger partial charge in [-0.3, -0.25) is 4.79 Å². The first kappa shape index (κ1) is 36.3. The van der Waals surface area contributed by atoms with Gasteiger partial charge in [-0.25, -0.2) is 0 Å². The van der Waals surface area contributed by atoms with Crippen molar-refractivity contribution in [1.82, 2.24) is 0 Å². The summed E-state index contributed by atoms with van der Waals surface area (Å²) in [5.74, 6) is 0.607. The van der Waals surface area contributed by atoms with E-state index in [1.807, 2.05) is 12.1 Å². The minimum absolute atomic E-state index is 0.253. The number of hydrogen-bond acceptors (Lipinski definition) is 9. The molecule has 1 rings (SSSR count). The zero-order valence-corrected chi connectivity index (χ0v) is 25.0. The van der Waals surface area contributed by atoms with Gasteiger partial charge in [0.25, 0.3) is 0 Å². The van der Waals surface area contributed by atoms with E-state index in [0.29, 0.717) is 85.9 Å². The topological polar surface area (TPSA) is 90.9 Å². The maximum Gasteiger partial charge on any atom is 0.307 e. The number of rotatable bonds is 30. The van der Waals surface area contributed by atoms with Crippen molar-refractivity contribution < 1.29 is 42.7 Å². The van der Waals surface area contributed by atoms with Crippen LogP contribution >= 0.6 is 0 Å². The van der Waals surface area contributed by atoms with Gasteiger partial charge in [-0.15, -0.1) is 0 Å². The number of esters is 1. The number of benzene rings is 1. The molecule has 0 bridgehead atoms. The van der Waals surface area contributed by atoms with Crippen LogP contribution in [0.25, 0.3) is 0 Å². The molecule has 40 heavy (non-hydrogen) atoms. The molecule has 0 saturated heterocycles. The van der Waals surface area contributed by atoms with Crippen LogP contribution in [0.5, 0.6) is 5.75 Å². The smallest absolute Gasteiger partial charge is 0.307 e. The molecule has 0 aliphatic heterocycles. The average molecular weight is 571 g/mol. The molecule has 1 aromatic carbocycles. The van der Waals surface area contributed by atoms with Crippen molar-refractivity contribution in [1.29, 1.82) is 0 Å². The van der Waals surface area contributed by atoms with Crippen LogP contribution in [0.1, 0.15) is 63.9 Å². The molecule has 0 amide bonds. The fourth-order valence-corrected chi connectivity index (χ4v) is 3.72. The highest BCUT2D eigenvalue weighted by Crippen LogP contribution is 2.15. The molecule has 0 N–H and O–H groups in total. The number of aryl methyl sites for hydroxylation is 1. The fraction of sp³-hybridized carbons (Fsp3) is 0.774. The van der Waals surface area contributed by atoms with E-state index >= 15 is 0 Å². The number of carbonyl (C=O) groups is 1. The highest BCUT2D eigenvalue weighted by atomic mass is 16.6. The normalized spacial score (nSPS) is 11.2. The summed E-state index contributed by atoms with van der Waals surface area (Å²) in [6, 6.07) is 8.43. The van der Waals surface area contributed by atoms with E-state index in [1.54, 1.807) is 0 Å². The predicted molar refractivity (Wildman–Crippen MR) is 155 cm³/mol. The van der Waals surface area contributed by atoms with Crippen molar-refractivity contribution in [2.24, 2.45) is 0 Å². The van der Waals surface area contributed by atoms with Crippen LogP contribution in [0, 0.1) is 0 Å². The number of ether oxygens (including phenoxy) is 8. The second kappa shape index (κ2) is 28.8. The predicted octanol–water partition coefficient (Wildman–Crippen LogP) is 5.02. The summed E-state index contributed by atoms with van der Waals surface area (Å²) in [6.07, 6.45) is 10.8. The molecule has 9 nitrogen and oxygen atoms in total. The monoisotopic (exact) mass is 570 g/mol. The molecular weight excluding hydrogens is 516 g/mol. The molecule has 0 radical (unpaired) electrons. The molecule has 0 aliphatic carbocycles. The summed E-state index contributed by atoms with van der Waals surface area (Å²) < 4.78 is 42.9. The summed E-state index contributed by atoms with van der Waals surface area (Å²) in [5, 5.41) is 0. The van der Waals surface area contributed by atoms with E-state index in [1.165, 1.54) is 57.6 Å². The Balaban J connectivity index is 1.77. The maximum atomic E-state index is 10.9. The van der Waals surface area contributed by atoms with Gasteiger partial charge in [-0.05, 0) is 30.5 Å². The van der Waals surface area contributed by atoms with Gasteiger partial charge in [0.1, 0.15) is 12.4 Å². The Kier molecular flexibility index (Phi) is 26.1. The fourth-order valence-electron chi connectivity index (χ4n) is 3.72. The summed E-state index contributed by atoms with van der Waals surface area (Å²) in [5.41, 5.74) is 1.38.